The van der Waals surface area contributed by atoms with Gasteiger partial charge in [-0.2, -0.15) is 0 Å². The number of unbranched alkanes of at least 4 members (excludes halogenated alkanes) is 21. The number of rotatable bonds is 37. The lowest BCUT2D eigenvalue weighted by molar-refractivity contribution is -0.150. The summed E-state index contributed by atoms with van der Waals surface area (Å²) in [6, 6.07) is -1.38. The molecular weight excluding hydrogens is 632 g/mol. The highest BCUT2D eigenvalue weighted by atomic mass is 16.5. The lowest BCUT2D eigenvalue weighted by atomic mass is 10.0. The predicted molar refractivity (Wildman–Crippen MR) is 204 cm³/mol. The van der Waals surface area contributed by atoms with Crippen molar-refractivity contribution in [3.05, 3.63) is 12.2 Å². The first-order valence-corrected chi connectivity index (χ1v) is 20.6. The zero-order chi connectivity index (χ0) is 36.9. The summed E-state index contributed by atoms with van der Waals surface area (Å²) in [5.41, 5.74) is 0. The number of hydrogen-bond acceptors (Lipinski definition) is 6. The molecule has 0 aromatic carbocycles. The number of aliphatic carboxylic acids is 1. The van der Waals surface area contributed by atoms with Crippen LogP contribution in [-0.2, 0) is 23.9 Å². The van der Waals surface area contributed by atoms with Crippen LogP contribution in [0, 0.1) is 0 Å². The summed E-state index contributed by atoms with van der Waals surface area (Å²) in [4.78, 5) is 47.4. The maximum absolute atomic E-state index is 12.7. The van der Waals surface area contributed by atoms with Gasteiger partial charge in [0.15, 0.2) is 0 Å². The van der Waals surface area contributed by atoms with Crippen LogP contribution in [0.3, 0.4) is 0 Å². The number of amides is 2. The van der Waals surface area contributed by atoms with Crippen LogP contribution in [-0.4, -0.2) is 59.3 Å². The lowest BCUT2D eigenvalue weighted by Crippen LogP contribution is -2.47. The first-order valence-electron chi connectivity index (χ1n) is 20.6. The summed E-state index contributed by atoms with van der Waals surface area (Å²) < 4.78 is 6.00. The number of esters is 1. The van der Waals surface area contributed by atoms with Crippen molar-refractivity contribution in [3.63, 3.8) is 0 Å². The second-order valence-corrected chi connectivity index (χ2v) is 14.1. The molecule has 4 N–H and O–H groups in total. The SMILES string of the molecule is CCCCC/C=C\CCCCCCCC(=O)OC(CCCCCCCCCCCC)CCCCCCCC(=O)NCC(=O)NC(CO)C(=O)O. The summed E-state index contributed by atoms with van der Waals surface area (Å²) >= 11 is 0. The fourth-order valence-corrected chi connectivity index (χ4v) is 6.06. The molecule has 0 heterocycles. The monoisotopic (exact) mass is 709 g/mol. The zero-order valence-electron chi connectivity index (χ0n) is 32.2. The molecule has 0 aliphatic carbocycles. The Kier molecular flexibility index (Phi) is 34.6. The standard InChI is InChI=1S/C41H76N2O7/c1-3-5-7-9-11-13-15-16-18-20-25-29-33-40(47)50-36(30-26-22-19-17-14-12-10-8-6-4-2)31-27-23-21-24-28-32-38(45)42-34-39(46)43-37(35-44)41(48)49/h11,13,36-37,44H,3-10,12,14-35H2,1-2H3,(H,42,45)(H,43,46)(H,48,49)/b13-11-. The van der Waals surface area contributed by atoms with Gasteiger partial charge in [-0.05, 0) is 64.2 Å². The molecule has 50 heavy (non-hydrogen) atoms. The first-order chi connectivity index (χ1) is 24.3. The van der Waals surface area contributed by atoms with Gasteiger partial charge in [-0.1, -0.05) is 135 Å². The third-order valence-electron chi connectivity index (χ3n) is 9.26. The molecule has 0 spiro atoms. The molecule has 2 unspecified atom stereocenters. The summed E-state index contributed by atoms with van der Waals surface area (Å²) in [6.07, 6.45) is 36.6. The largest absolute Gasteiger partial charge is 0.480 e. The fourth-order valence-electron chi connectivity index (χ4n) is 6.06. The molecule has 0 fully saturated rings. The van der Waals surface area contributed by atoms with E-state index in [1.165, 1.54) is 103 Å². The minimum absolute atomic E-state index is 0.0101. The highest BCUT2D eigenvalue weighted by Crippen LogP contribution is 2.19. The van der Waals surface area contributed by atoms with Crippen molar-refractivity contribution in [1.29, 1.82) is 0 Å². The van der Waals surface area contributed by atoms with Crippen molar-refractivity contribution in [1.82, 2.24) is 10.6 Å². The fraction of sp³-hybridized carbons (Fsp3) is 0.854. The molecule has 0 aliphatic rings. The lowest BCUT2D eigenvalue weighted by Gasteiger charge is -2.18. The predicted octanol–water partition coefficient (Wildman–Crippen LogP) is 9.49. The van der Waals surface area contributed by atoms with Gasteiger partial charge in [0.05, 0.1) is 13.2 Å². The molecule has 0 rings (SSSR count). The Morgan fingerprint density at radius 2 is 1.02 bits per heavy atom. The Hall–Kier alpha value is -2.42. The molecule has 0 saturated heterocycles. The number of carbonyl (C=O) groups excluding carboxylic acids is 3. The number of carbonyl (C=O) groups is 4. The van der Waals surface area contributed by atoms with Crippen molar-refractivity contribution in [2.45, 2.75) is 212 Å². The van der Waals surface area contributed by atoms with Crippen LogP contribution in [0.2, 0.25) is 0 Å². The number of allylic oxidation sites excluding steroid dienone is 2. The second kappa shape index (κ2) is 36.4. The Labute approximate surface area is 305 Å². The van der Waals surface area contributed by atoms with E-state index in [9.17, 15) is 19.2 Å². The number of carboxylic acid groups (broad SMARTS) is 1. The van der Waals surface area contributed by atoms with Crippen LogP contribution in [0.4, 0.5) is 0 Å². The van der Waals surface area contributed by atoms with Crippen molar-refractivity contribution in [2.24, 2.45) is 0 Å². The van der Waals surface area contributed by atoms with Crippen LogP contribution in [0.1, 0.15) is 200 Å². The van der Waals surface area contributed by atoms with Gasteiger partial charge in [-0.3, -0.25) is 14.4 Å². The summed E-state index contributed by atoms with van der Waals surface area (Å²) in [7, 11) is 0. The normalized spacial score (nSPS) is 12.5. The maximum Gasteiger partial charge on any atom is 0.328 e. The zero-order valence-corrected chi connectivity index (χ0v) is 32.2. The van der Waals surface area contributed by atoms with E-state index < -0.39 is 24.5 Å². The minimum Gasteiger partial charge on any atom is -0.480 e. The van der Waals surface area contributed by atoms with E-state index in [0.29, 0.717) is 19.3 Å². The summed E-state index contributed by atoms with van der Waals surface area (Å²) in [6.45, 7) is 3.46. The highest BCUT2D eigenvalue weighted by molar-refractivity contribution is 5.87. The molecular formula is C41H76N2O7. The average Bonchev–Trinajstić information content (AvgIpc) is 3.10. The van der Waals surface area contributed by atoms with Crippen molar-refractivity contribution < 1.29 is 34.1 Å². The van der Waals surface area contributed by atoms with Crippen LogP contribution in [0.15, 0.2) is 12.2 Å². The number of aliphatic hydroxyl groups is 1. The average molecular weight is 709 g/mol. The van der Waals surface area contributed by atoms with Crippen LogP contribution >= 0.6 is 0 Å². The van der Waals surface area contributed by atoms with Gasteiger partial charge >= 0.3 is 11.9 Å². The van der Waals surface area contributed by atoms with Crippen molar-refractivity contribution >= 4 is 23.8 Å². The van der Waals surface area contributed by atoms with Gasteiger partial charge in [0.25, 0.3) is 0 Å². The van der Waals surface area contributed by atoms with E-state index in [-0.39, 0.29) is 24.5 Å². The second-order valence-electron chi connectivity index (χ2n) is 14.1. The van der Waals surface area contributed by atoms with E-state index in [1.54, 1.807) is 0 Å². The molecule has 0 aliphatic heterocycles. The molecule has 0 aromatic heterocycles. The van der Waals surface area contributed by atoms with E-state index in [0.717, 1.165) is 64.2 Å². The minimum atomic E-state index is -1.38. The van der Waals surface area contributed by atoms with Gasteiger partial charge in [0.1, 0.15) is 12.1 Å². The van der Waals surface area contributed by atoms with Crippen molar-refractivity contribution in [3.8, 4) is 0 Å². The van der Waals surface area contributed by atoms with Gasteiger partial charge in [-0.15, -0.1) is 0 Å². The van der Waals surface area contributed by atoms with Crippen LogP contribution in [0.5, 0.6) is 0 Å². The van der Waals surface area contributed by atoms with E-state index in [2.05, 4.69) is 36.6 Å². The van der Waals surface area contributed by atoms with E-state index in [4.69, 9.17) is 14.9 Å². The van der Waals surface area contributed by atoms with E-state index >= 15 is 0 Å². The molecule has 2 amide bonds. The molecule has 9 nitrogen and oxygen atoms in total. The number of aliphatic hydroxyl groups excluding tert-OH is 1. The molecule has 0 radical (unpaired) electrons. The van der Waals surface area contributed by atoms with Gasteiger partial charge in [-0.25, -0.2) is 4.79 Å². The first kappa shape index (κ1) is 47.6. The molecule has 9 heteroatoms. The van der Waals surface area contributed by atoms with Gasteiger partial charge in [0.2, 0.25) is 11.8 Å². The molecule has 0 aromatic rings. The van der Waals surface area contributed by atoms with E-state index in [1.807, 2.05) is 0 Å². The van der Waals surface area contributed by atoms with Gasteiger partial charge in [0, 0.05) is 12.8 Å². The number of ether oxygens (including phenoxy) is 1. The topological polar surface area (TPSA) is 142 Å². The molecule has 2 atom stereocenters. The Balaban J connectivity index is 4.28. The third-order valence-corrected chi connectivity index (χ3v) is 9.26. The number of hydrogen-bond donors (Lipinski definition) is 4. The number of nitrogens with one attached hydrogen (secondary N) is 2. The van der Waals surface area contributed by atoms with Crippen LogP contribution in [0.25, 0.3) is 0 Å². The Morgan fingerprint density at radius 3 is 1.54 bits per heavy atom. The van der Waals surface area contributed by atoms with Crippen molar-refractivity contribution in [2.75, 3.05) is 13.2 Å². The smallest absolute Gasteiger partial charge is 0.328 e. The molecule has 0 bridgehead atoms. The molecule has 0 saturated carbocycles. The van der Waals surface area contributed by atoms with Gasteiger partial charge < -0.3 is 25.6 Å². The highest BCUT2D eigenvalue weighted by Gasteiger charge is 2.19. The maximum atomic E-state index is 12.7. The Morgan fingerprint density at radius 1 is 0.580 bits per heavy atom. The Bertz CT molecular complexity index is 864. The van der Waals surface area contributed by atoms with Crippen LogP contribution < -0.4 is 10.6 Å². The summed E-state index contributed by atoms with van der Waals surface area (Å²) in [5.74, 6) is -2.29. The third kappa shape index (κ3) is 32.8. The molecule has 292 valence electrons. The summed E-state index contributed by atoms with van der Waals surface area (Å²) in [5, 5.41) is 22.5. The quantitative estimate of drug-likeness (QED) is 0.0286. The number of carboxylic acids is 1.